The molecule has 22 heavy (non-hydrogen) atoms. The number of carbonyl (C=O) groups excluding carboxylic acids is 2. The third-order valence-electron chi connectivity index (χ3n) is 3.65. The third-order valence-corrected chi connectivity index (χ3v) is 3.65. The first kappa shape index (κ1) is 14.6. The van der Waals surface area contributed by atoms with Crippen LogP contribution in [0.5, 0.6) is 11.5 Å². The van der Waals surface area contributed by atoms with Crippen LogP contribution in [-0.2, 0) is 9.59 Å². The SMILES string of the molecule is O=C1C[NH+](CC(=O)Nc2ccc3c(c2)OCCCO3)CCN1. The van der Waals surface area contributed by atoms with Gasteiger partial charge in [-0.2, -0.15) is 0 Å². The number of carbonyl (C=O) groups is 2. The van der Waals surface area contributed by atoms with Crippen molar-refractivity contribution in [3.63, 3.8) is 0 Å². The summed E-state index contributed by atoms with van der Waals surface area (Å²) >= 11 is 0. The van der Waals surface area contributed by atoms with Crippen LogP contribution in [0.25, 0.3) is 0 Å². The maximum Gasteiger partial charge on any atom is 0.279 e. The number of nitrogens with one attached hydrogen (secondary N) is 3. The summed E-state index contributed by atoms with van der Waals surface area (Å²) in [5.41, 5.74) is 0.676. The highest BCUT2D eigenvalue weighted by Crippen LogP contribution is 2.32. The van der Waals surface area contributed by atoms with Gasteiger partial charge in [-0.1, -0.05) is 0 Å². The van der Waals surface area contributed by atoms with Gasteiger partial charge in [-0.05, 0) is 12.1 Å². The molecular weight excluding hydrogens is 286 g/mol. The quantitative estimate of drug-likeness (QED) is 0.655. The van der Waals surface area contributed by atoms with E-state index in [1.807, 2.05) is 0 Å². The average Bonchev–Trinajstić information content (AvgIpc) is 2.72. The predicted octanol–water partition coefficient (Wildman–Crippen LogP) is -1.20. The first-order valence-electron chi connectivity index (χ1n) is 7.50. The molecule has 0 spiro atoms. The summed E-state index contributed by atoms with van der Waals surface area (Å²) in [4.78, 5) is 24.4. The summed E-state index contributed by atoms with van der Waals surface area (Å²) in [6.07, 6.45) is 0.844. The normalized spacial score (nSPS) is 20.7. The Balaban J connectivity index is 1.59. The van der Waals surface area contributed by atoms with Gasteiger partial charge in [0.2, 0.25) is 0 Å². The Labute approximate surface area is 128 Å². The summed E-state index contributed by atoms with van der Waals surface area (Å²) in [5.74, 6) is 1.23. The summed E-state index contributed by atoms with van der Waals surface area (Å²) in [5, 5.41) is 5.60. The van der Waals surface area contributed by atoms with Crippen LogP contribution >= 0.6 is 0 Å². The maximum absolute atomic E-state index is 12.1. The van der Waals surface area contributed by atoms with Gasteiger partial charge < -0.3 is 25.0 Å². The van der Waals surface area contributed by atoms with Gasteiger partial charge >= 0.3 is 0 Å². The maximum atomic E-state index is 12.1. The molecule has 7 nitrogen and oxygen atoms in total. The van der Waals surface area contributed by atoms with E-state index in [4.69, 9.17) is 9.47 Å². The molecule has 0 aromatic heterocycles. The van der Waals surface area contributed by atoms with Gasteiger partial charge in [0.25, 0.3) is 11.8 Å². The first-order chi connectivity index (χ1) is 10.7. The lowest BCUT2D eigenvalue weighted by Gasteiger charge is -2.23. The number of hydrogen-bond donors (Lipinski definition) is 3. The van der Waals surface area contributed by atoms with Crippen molar-refractivity contribution in [3.8, 4) is 11.5 Å². The van der Waals surface area contributed by atoms with Gasteiger partial charge in [0.1, 0.15) is 0 Å². The van der Waals surface area contributed by atoms with Gasteiger partial charge in [-0.3, -0.25) is 9.59 Å². The number of hydrogen-bond acceptors (Lipinski definition) is 4. The van der Waals surface area contributed by atoms with Crippen molar-refractivity contribution in [2.75, 3.05) is 44.7 Å². The van der Waals surface area contributed by atoms with Crippen molar-refractivity contribution in [1.29, 1.82) is 0 Å². The van der Waals surface area contributed by atoms with Crippen LogP contribution in [0.1, 0.15) is 6.42 Å². The van der Waals surface area contributed by atoms with Crippen molar-refractivity contribution in [2.24, 2.45) is 0 Å². The number of benzene rings is 1. The molecule has 2 aliphatic rings. The Morgan fingerprint density at radius 2 is 2.09 bits per heavy atom. The molecule has 2 aliphatic heterocycles. The standard InChI is InChI=1S/C15H19N3O4/c19-14-9-18(5-4-16-14)10-15(20)17-11-2-3-12-13(8-11)22-7-1-6-21-12/h2-3,8H,1,4-7,9-10H2,(H,16,19)(H,17,20)/p+1. The Morgan fingerprint density at radius 1 is 1.27 bits per heavy atom. The molecule has 1 aromatic carbocycles. The van der Waals surface area contributed by atoms with E-state index in [0.717, 1.165) is 17.9 Å². The topological polar surface area (TPSA) is 81.1 Å². The lowest BCUT2D eigenvalue weighted by Crippen LogP contribution is -3.16. The molecule has 0 aliphatic carbocycles. The van der Waals surface area contributed by atoms with Crippen molar-refractivity contribution < 1.29 is 24.0 Å². The van der Waals surface area contributed by atoms with Crippen LogP contribution < -0.4 is 25.0 Å². The number of ether oxygens (including phenoxy) is 2. The second-order valence-corrected chi connectivity index (χ2v) is 5.46. The second-order valence-electron chi connectivity index (χ2n) is 5.46. The highest BCUT2D eigenvalue weighted by Gasteiger charge is 2.22. The molecule has 1 atom stereocenters. The fraction of sp³-hybridized carbons (Fsp3) is 0.467. The minimum atomic E-state index is -0.112. The zero-order valence-electron chi connectivity index (χ0n) is 12.3. The molecule has 3 rings (SSSR count). The van der Waals surface area contributed by atoms with Gasteiger partial charge in [-0.25, -0.2) is 0 Å². The Hall–Kier alpha value is -2.28. The van der Waals surface area contributed by atoms with Crippen molar-refractivity contribution in [1.82, 2.24) is 5.32 Å². The van der Waals surface area contributed by atoms with Crippen LogP contribution in [0.2, 0.25) is 0 Å². The van der Waals surface area contributed by atoms with Crippen molar-refractivity contribution in [2.45, 2.75) is 6.42 Å². The number of anilines is 1. The Kier molecular flexibility index (Phi) is 4.43. The second kappa shape index (κ2) is 6.65. The minimum absolute atomic E-state index is 0.00960. The molecule has 1 unspecified atom stereocenters. The van der Waals surface area contributed by atoms with E-state index in [1.165, 1.54) is 0 Å². The molecule has 0 saturated carbocycles. The van der Waals surface area contributed by atoms with E-state index >= 15 is 0 Å². The summed E-state index contributed by atoms with van der Waals surface area (Å²) in [6, 6.07) is 5.37. The average molecular weight is 306 g/mol. The van der Waals surface area contributed by atoms with Crippen molar-refractivity contribution in [3.05, 3.63) is 18.2 Å². The molecule has 0 bridgehead atoms. The molecule has 1 fully saturated rings. The van der Waals surface area contributed by atoms with E-state index < -0.39 is 0 Å². The van der Waals surface area contributed by atoms with Gasteiger partial charge in [0.15, 0.2) is 24.6 Å². The van der Waals surface area contributed by atoms with E-state index in [-0.39, 0.29) is 18.4 Å². The zero-order chi connectivity index (χ0) is 15.4. The summed E-state index contributed by atoms with van der Waals surface area (Å²) in [7, 11) is 0. The lowest BCUT2D eigenvalue weighted by atomic mass is 10.2. The molecule has 0 radical (unpaired) electrons. The van der Waals surface area contributed by atoms with Gasteiger partial charge in [0.05, 0.1) is 26.3 Å². The smallest absolute Gasteiger partial charge is 0.279 e. The van der Waals surface area contributed by atoms with Crippen LogP contribution in [0, 0.1) is 0 Å². The summed E-state index contributed by atoms with van der Waals surface area (Å²) < 4.78 is 11.2. The van der Waals surface area contributed by atoms with E-state index in [1.54, 1.807) is 18.2 Å². The minimum Gasteiger partial charge on any atom is -0.490 e. The molecule has 2 heterocycles. The molecular formula is C15H20N3O4+. The van der Waals surface area contributed by atoms with Gasteiger partial charge in [-0.15, -0.1) is 0 Å². The molecule has 1 aromatic rings. The molecule has 7 heteroatoms. The van der Waals surface area contributed by atoms with E-state index in [0.29, 0.717) is 43.5 Å². The number of amides is 2. The number of fused-ring (bicyclic) bond motifs is 1. The number of piperazine rings is 1. The molecule has 2 amide bonds. The third kappa shape index (κ3) is 3.67. The fourth-order valence-electron chi connectivity index (χ4n) is 2.58. The van der Waals surface area contributed by atoms with Crippen LogP contribution in [-0.4, -0.2) is 51.2 Å². The van der Waals surface area contributed by atoms with Crippen LogP contribution in [0.15, 0.2) is 18.2 Å². The molecule has 3 N–H and O–H groups in total. The Morgan fingerprint density at radius 3 is 2.91 bits per heavy atom. The van der Waals surface area contributed by atoms with Crippen LogP contribution in [0.4, 0.5) is 5.69 Å². The predicted molar refractivity (Wildman–Crippen MR) is 79.3 cm³/mol. The van der Waals surface area contributed by atoms with Crippen molar-refractivity contribution >= 4 is 17.5 Å². The lowest BCUT2D eigenvalue weighted by molar-refractivity contribution is -0.885. The largest absolute Gasteiger partial charge is 0.490 e. The first-order valence-corrected chi connectivity index (χ1v) is 7.50. The van der Waals surface area contributed by atoms with E-state index in [2.05, 4.69) is 10.6 Å². The number of quaternary nitrogens is 1. The van der Waals surface area contributed by atoms with E-state index in [9.17, 15) is 9.59 Å². The van der Waals surface area contributed by atoms with Gasteiger partial charge in [0, 0.05) is 18.2 Å². The zero-order valence-corrected chi connectivity index (χ0v) is 12.3. The Bertz CT molecular complexity index is 576. The fourth-order valence-corrected chi connectivity index (χ4v) is 2.58. The van der Waals surface area contributed by atoms with Crippen LogP contribution in [0.3, 0.4) is 0 Å². The summed E-state index contributed by atoms with van der Waals surface area (Å²) in [6.45, 7) is 3.25. The monoisotopic (exact) mass is 306 g/mol. The highest BCUT2D eigenvalue weighted by molar-refractivity contribution is 5.92. The molecule has 118 valence electrons. The number of rotatable bonds is 3. The molecule has 1 saturated heterocycles. The highest BCUT2D eigenvalue weighted by atomic mass is 16.5.